The van der Waals surface area contributed by atoms with Gasteiger partial charge in [-0.25, -0.2) is 0 Å². The van der Waals surface area contributed by atoms with E-state index in [0.29, 0.717) is 5.39 Å². The first-order chi connectivity index (χ1) is 11.6. The lowest BCUT2D eigenvalue weighted by Gasteiger charge is -2.19. The summed E-state index contributed by atoms with van der Waals surface area (Å²) in [6.07, 6.45) is 3.15. The molecule has 122 valence electrons. The topological polar surface area (TPSA) is 77.3 Å². The molecule has 0 aliphatic heterocycles. The van der Waals surface area contributed by atoms with Gasteiger partial charge in [0.25, 0.3) is 5.69 Å². The maximum absolute atomic E-state index is 11.2. The summed E-state index contributed by atoms with van der Waals surface area (Å²) < 4.78 is 5.40. The Morgan fingerprint density at radius 1 is 1.17 bits per heavy atom. The van der Waals surface area contributed by atoms with Crippen LogP contribution in [0.1, 0.15) is 18.5 Å². The predicted molar refractivity (Wildman–Crippen MR) is 93.4 cm³/mol. The molecule has 0 bridgehead atoms. The Bertz CT molecular complexity index is 896. The second-order valence-electron chi connectivity index (χ2n) is 5.42. The van der Waals surface area contributed by atoms with Crippen molar-refractivity contribution in [2.45, 2.75) is 13.0 Å². The van der Waals surface area contributed by atoms with Crippen molar-refractivity contribution in [3.05, 3.63) is 70.5 Å². The average Bonchev–Trinajstić information content (AvgIpc) is 2.61. The highest BCUT2D eigenvalue weighted by molar-refractivity contribution is 5.99. The molecule has 0 saturated carbocycles. The minimum atomic E-state index is -0.391. The van der Waals surface area contributed by atoms with Crippen LogP contribution in [0.3, 0.4) is 0 Å². The quantitative estimate of drug-likeness (QED) is 0.559. The van der Waals surface area contributed by atoms with Gasteiger partial charge in [-0.2, -0.15) is 0 Å². The number of hydrogen-bond acceptors (Lipinski definition) is 5. The van der Waals surface area contributed by atoms with Gasteiger partial charge in [0.1, 0.15) is 5.75 Å². The summed E-state index contributed by atoms with van der Waals surface area (Å²) in [7, 11) is 1.64. The average molecular weight is 323 g/mol. The van der Waals surface area contributed by atoms with Crippen LogP contribution >= 0.6 is 0 Å². The zero-order valence-electron chi connectivity index (χ0n) is 13.4. The molecule has 1 heterocycles. The molecule has 1 N–H and O–H groups in total. The Balaban J connectivity index is 2.02. The van der Waals surface area contributed by atoms with Crippen LogP contribution in [0.25, 0.3) is 10.8 Å². The van der Waals surface area contributed by atoms with Crippen molar-refractivity contribution in [3.8, 4) is 5.75 Å². The van der Waals surface area contributed by atoms with E-state index >= 15 is 0 Å². The number of pyridine rings is 1. The largest absolute Gasteiger partial charge is 0.496 e. The number of fused-ring (bicyclic) bond motifs is 1. The highest BCUT2D eigenvalue weighted by atomic mass is 16.6. The van der Waals surface area contributed by atoms with Crippen LogP contribution in [0, 0.1) is 10.1 Å². The lowest BCUT2D eigenvalue weighted by molar-refractivity contribution is -0.383. The minimum absolute atomic E-state index is 0.0287. The number of nitro benzene ring substituents is 1. The number of nitrogens with one attached hydrogen (secondary N) is 1. The molecule has 0 aliphatic rings. The maximum atomic E-state index is 11.2. The van der Waals surface area contributed by atoms with E-state index in [4.69, 9.17) is 4.74 Å². The molecule has 3 aromatic rings. The van der Waals surface area contributed by atoms with E-state index in [0.717, 1.165) is 22.4 Å². The minimum Gasteiger partial charge on any atom is -0.496 e. The first-order valence-electron chi connectivity index (χ1n) is 7.52. The predicted octanol–water partition coefficient (Wildman–Crippen LogP) is 4.32. The number of non-ortho nitro benzene ring substituents is 1. The van der Waals surface area contributed by atoms with Gasteiger partial charge < -0.3 is 10.1 Å². The summed E-state index contributed by atoms with van der Waals surface area (Å²) in [5, 5.41) is 15.9. The van der Waals surface area contributed by atoms with E-state index in [2.05, 4.69) is 10.3 Å². The molecule has 1 aromatic heterocycles. The normalized spacial score (nSPS) is 11.9. The molecule has 24 heavy (non-hydrogen) atoms. The first-order valence-corrected chi connectivity index (χ1v) is 7.52. The summed E-state index contributed by atoms with van der Waals surface area (Å²) in [6, 6.07) is 12.7. The molecule has 2 aromatic carbocycles. The van der Waals surface area contributed by atoms with Crippen molar-refractivity contribution in [2.24, 2.45) is 0 Å². The van der Waals surface area contributed by atoms with Gasteiger partial charge in [0.2, 0.25) is 0 Å². The van der Waals surface area contributed by atoms with E-state index in [-0.39, 0.29) is 11.7 Å². The number of nitro groups is 1. The number of ether oxygens (including phenoxy) is 1. The van der Waals surface area contributed by atoms with Crippen LogP contribution in [0.2, 0.25) is 0 Å². The van der Waals surface area contributed by atoms with E-state index in [1.165, 1.54) is 12.3 Å². The Kier molecular flexibility index (Phi) is 4.29. The number of nitrogens with zero attached hydrogens (tertiary/aromatic N) is 2. The first kappa shape index (κ1) is 15.7. The van der Waals surface area contributed by atoms with E-state index < -0.39 is 4.92 Å². The molecule has 0 saturated heterocycles. The van der Waals surface area contributed by atoms with Gasteiger partial charge in [0, 0.05) is 35.1 Å². The van der Waals surface area contributed by atoms with Crippen LogP contribution in [0.4, 0.5) is 11.4 Å². The lowest BCUT2D eigenvalue weighted by atomic mass is 10.0. The summed E-state index contributed by atoms with van der Waals surface area (Å²) in [6.45, 7) is 2.02. The number of benzene rings is 2. The van der Waals surface area contributed by atoms with Crippen LogP contribution in [0.5, 0.6) is 5.75 Å². The summed E-state index contributed by atoms with van der Waals surface area (Å²) in [5.41, 5.74) is 1.88. The lowest BCUT2D eigenvalue weighted by Crippen LogP contribution is -2.08. The Hall–Kier alpha value is -3.15. The zero-order valence-corrected chi connectivity index (χ0v) is 13.4. The van der Waals surface area contributed by atoms with Gasteiger partial charge in [-0.05, 0) is 25.1 Å². The molecule has 0 amide bonds. The van der Waals surface area contributed by atoms with Crippen molar-refractivity contribution in [1.82, 2.24) is 4.98 Å². The van der Waals surface area contributed by atoms with Crippen LogP contribution in [-0.2, 0) is 0 Å². The van der Waals surface area contributed by atoms with Gasteiger partial charge in [-0.15, -0.1) is 0 Å². The summed E-state index contributed by atoms with van der Waals surface area (Å²) in [4.78, 5) is 14.8. The van der Waals surface area contributed by atoms with Crippen molar-refractivity contribution in [1.29, 1.82) is 0 Å². The molecule has 1 atom stereocenters. The Morgan fingerprint density at radius 2 is 1.96 bits per heavy atom. The number of hydrogen-bond donors (Lipinski definition) is 1. The number of rotatable bonds is 5. The number of methoxy groups -OCH3 is 1. The third kappa shape index (κ3) is 2.86. The molecule has 6 nitrogen and oxygen atoms in total. The van der Waals surface area contributed by atoms with E-state index in [9.17, 15) is 10.1 Å². The second-order valence-corrected chi connectivity index (χ2v) is 5.42. The molecule has 0 spiro atoms. The molecule has 3 rings (SSSR count). The highest BCUT2D eigenvalue weighted by Crippen LogP contribution is 2.34. The molecular weight excluding hydrogens is 306 g/mol. The number of aromatic nitrogens is 1. The van der Waals surface area contributed by atoms with Gasteiger partial charge in [-0.3, -0.25) is 15.1 Å². The van der Waals surface area contributed by atoms with E-state index in [1.54, 1.807) is 25.4 Å². The zero-order chi connectivity index (χ0) is 17.1. The Morgan fingerprint density at radius 3 is 2.71 bits per heavy atom. The van der Waals surface area contributed by atoms with Gasteiger partial charge >= 0.3 is 0 Å². The monoisotopic (exact) mass is 323 g/mol. The standard InChI is InChI=1S/C18H17N3O3/c1-12(13-5-3-4-6-18(13)24-2)20-16-7-8-17(21(22)23)15-11-19-10-9-14(15)16/h3-12,20H,1-2H3/t12-/m1/s1. The number of anilines is 1. The van der Waals surface area contributed by atoms with Crippen LogP contribution in [-0.4, -0.2) is 17.0 Å². The van der Waals surface area contributed by atoms with E-state index in [1.807, 2.05) is 31.2 Å². The molecular formula is C18H17N3O3. The van der Waals surface area contributed by atoms with Crippen molar-refractivity contribution in [2.75, 3.05) is 12.4 Å². The molecule has 6 heteroatoms. The van der Waals surface area contributed by atoms with Crippen LogP contribution < -0.4 is 10.1 Å². The second kappa shape index (κ2) is 6.54. The fraction of sp³-hybridized carbons (Fsp3) is 0.167. The Labute approximate surface area is 139 Å². The molecule has 0 radical (unpaired) electrons. The number of para-hydroxylation sites is 1. The fourth-order valence-corrected chi connectivity index (χ4v) is 2.80. The maximum Gasteiger partial charge on any atom is 0.278 e. The molecule has 0 aliphatic carbocycles. The fourth-order valence-electron chi connectivity index (χ4n) is 2.80. The van der Waals surface area contributed by atoms with Gasteiger partial charge in [0.05, 0.1) is 23.5 Å². The smallest absolute Gasteiger partial charge is 0.278 e. The summed E-state index contributed by atoms with van der Waals surface area (Å²) >= 11 is 0. The summed E-state index contributed by atoms with van der Waals surface area (Å²) in [5.74, 6) is 0.797. The SMILES string of the molecule is COc1ccccc1[C@@H](C)Nc1ccc([N+](=O)[O-])c2cnccc12. The van der Waals surface area contributed by atoms with Gasteiger partial charge in [0.15, 0.2) is 0 Å². The van der Waals surface area contributed by atoms with Crippen molar-refractivity contribution < 1.29 is 9.66 Å². The van der Waals surface area contributed by atoms with Crippen molar-refractivity contribution in [3.63, 3.8) is 0 Å². The third-order valence-corrected chi connectivity index (χ3v) is 3.97. The van der Waals surface area contributed by atoms with Crippen molar-refractivity contribution >= 4 is 22.1 Å². The molecule has 0 unspecified atom stereocenters. The van der Waals surface area contributed by atoms with Crippen LogP contribution in [0.15, 0.2) is 54.9 Å². The van der Waals surface area contributed by atoms with Gasteiger partial charge in [-0.1, -0.05) is 18.2 Å². The third-order valence-electron chi connectivity index (χ3n) is 3.97. The molecule has 0 fully saturated rings. The highest BCUT2D eigenvalue weighted by Gasteiger charge is 2.17.